The van der Waals surface area contributed by atoms with E-state index in [1.807, 2.05) is 42.2 Å². The number of anilines is 1. The fourth-order valence-electron chi connectivity index (χ4n) is 2.97. The summed E-state index contributed by atoms with van der Waals surface area (Å²) >= 11 is 0. The van der Waals surface area contributed by atoms with Gasteiger partial charge in [0.15, 0.2) is 0 Å². The second kappa shape index (κ2) is 7.96. The highest BCUT2D eigenvalue weighted by molar-refractivity contribution is 5.87. The van der Waals surface area contributed by atoms with Gasteiger partial charge in [-0.25, -0.2) is 4.79 Å². The first kappa shape index (κ1) is 17.9. The number of carboxylic acid groups (broad SMARTS) is 1. The number of carboxylic acids is 1. The van der Waals surface area contributed by atoms with Crippen molar-refractivity contribution in [3.05, 3.63) is 30.3 Å². The molecular weight excluding hydrogens is 338 g/mol. The predicted octanol–water partition coefficient (Wildman–Crippen LogP) is 1.80. The molecule has 0 bridgehead atoms. The Hall–Kier alpha value is -2.94. The summed E-state index contributed by atoms with van der Waals surface area (Å²) in [7, 11) is 0. The Morgan fingerprint density at radius 2 is 2.04 bits per heavy atom. The number of carbonyl (C=O) groups excluding carboxylic acids is 1. The third kappa shape index (κ3) is 4.37. The van der Waals surface area contributed by atoms with Crippen molar-refractivity contribution < 1.29 is 19.2 Å². The van der Waals surface area contributed by atoms with Crippen LogP contribution in [0.4, 0.5) is 10.8 Å². The fraction of sp³-hybridized carbons (Fsp3) is 0.412. The molecule has 3 rings (SSSR count). The first-order valence-corrected chi connectivity index (χ1v) is 8.47. The summed E-state index contributed by atoms with van der Waals surface area (Å²) in [5.74, 6) is -0.441. The van der Waals surface area contributed by atoms with Crippen LogP contribution in [0.5, 0.6) is 0 Å². The smallest absolute Gasteiger partial charge is 0.329 e. The van der Waals surface area contributed by atoms with Gasteiger partial charge in [-0.05, 0) is 19.4 Å². The van der Waals surface area contributed by atoms with Crippen molar-refractivity contribution in [1.29, 1.82) is 0 Å². The second-order valence-corrected chi connectivity index (χ2v) is 6.17. The maximum atomic E-state index is 12.0. The van der Waals surface area contributed by atoms with Crippen LogP contribution in [0, 0.1) is 0 Å². The molecular formula is C17H21N5O4. The Morgan fingerprint density at radius 3 is 2.69 bits per heavy atom. The summed E-state index contributed by atoms with van der Waals surface area (Å²) in [6.45, 7) is 2.61. The van der Waals surface area contributed by atoms with Crippen molar-refractivity contribution in [3.63, 3.8) is 0 Å². The molecule has 26 heavy (non-hydrogen) atoms. The summed E-state index contributed by atoms with van der Waals surface area (Å²) in [6, 6.07) is 9.09. The van der Waals surface area contributed by atoms with E-state index in [0.717, 1.165) is 5.56 Å². The molecule has 3 N–H and O–H groups in total. The molecule has 1 heterocycles. The SMILES string of the molecule is CCN(CC(=O)O)C1CC(NC(=O)Nc2nc(-c3ccccc3)no2)C1. The standard InChI is InChI=1S/C17H21N5O4/c1-2-22(10-14(23)24)13-8-12(9-13)18-16(25)20-17-19-15(21-26-17)11-6-4-3-5-7-11/h3-7,12-13H,2,8-10H2,1H3,(H,23,24)(H2,18,19,20,21,25). The lowest BCUT2D eigenvalue weighted by molar-refractivity contribution is -0.139. The maximum Gasteiger partial charge on any atom is 0.329 e. The number of hydrogen-bond donors (Lipinski definition) is 3. The van der Waals surface area contributed by atoms with Gasteiger partial charge < -0.3 is 14.9 Å². The average molecular weight is 359 g/mol. The van der Waals surface area contributed by atoms with Gasteiger partial charge >= 0.3 is 18.0 Å². The number of amides is 2. The van der Waals surface area contributed by atoms with Crippen LogP contribution < -0.4 is 10.6 Å². The summed E-state index contributed by atoms with van der Waals surface area (Å²) in [5, 5.41) is 18.1. The zero-order valence-corrected chi connectivity index (χ0v) is 14.4. The highest BCUT2D eigenvalue weighted by Gasteiger charge is 2.34. The van der Waals surface area contributed by atoms with E-state index < -0.39 is 12.0 Å². The first-order chi connectivity index (χ1) is 12.5. The van der Waals surface area contributed by atoms with Crippen LogP contribution in [0.2, 0.25) is 0 Å². The monoisotopic (exact) mass is 359 g/mol. The van der Waals surface area contributed by atoms with Gasteiger partial charge in [0.05, 0.1) is 6.54 Å². The molecule has 1 aromatic carbocycles. The number of nitrogens with one attached hydrogen (secondary N) is 2. The van der Waals surface area contributed by atoms with E-state index in [1.165, 1.54) is 0 Å². The lowest BCUT2D eigenvalue weighted by Gasteiger charge is -2.42. The van der Waals surface area contributed by atoms with Crippen LogP contribution in [0.25, 0.3) is 11.4 Å². The Balaban J connectivity index is 1.46. The van der Waals surface area contributed by atoms with Gasteiger partial charge in [-0.15, -0.1) is 0 Å². The van der Waals surface area contributed by atoms with E-state index in [-0.39, 0.29) is 24.6 Å². The lowest BCUT2D eigenvalue weighted by Crippen LogP contribution is -2.55. The van der Waals surface area contributed by atoms with Gasteiger partial charge in [-0.1, -0.05) is 42.4 Å². The summed E-state index contributed by atoms with van der Waals surface area (Å²) in [4.78, 5) is 28.9. The van der Waals surface area contributed by atoms with E-state index in [1.54, 1.807) is 0 Å². The lowest BCUT2D eigenvalue weighted by atomic mass is 9.85. The quantitative estimate of drug-likeness (QED) is 0.689. The van der Waals surface area contributed by atoms with Gasteiger partial charge in [0.1, 0.15) is 0 Å². The van der Waals surface area contributed by atoms with Gasteiger partial charge in [0, 0.05) is 17.6 Å². The number of aliphatic carboxylic acids is 1. The van der Waals surface area contributed by atoms with E-state index in [4.69, 9.17) is 9.63 Å². The van der Waals surface area contributed by atoms with E-state index in [0.29, 0.717) is 25.2 Å². The Labute approximate surface area is 150 Å². The van der Waals surface area contributed by atoms with E-state index in [2.05, 4.69) is 20.8 Å². The number of benzene rings is 1. The summed E-state index contributed by atoms with van der Waals surface area (Å²) in [5.41, 5.74) is 0.796. The number of hydrogen-bond acceptors (Lipinski definition) is 6. The molecule has 2 amide bonds. The van der Waals surface area contributed by atoms with E-state index in [9.17, 15) is 9.59 Å². The van der Waals surface area contributed by atoms with Crippen molar-refractivity contribution >= 4 is 18.0 Å². The zero-order valence-electron chi connectivity index (χ0n) is 14.4. The molecule has 1 saturated carbocycles. The van der Waals surface area contributed by atoms with Crippen LogP contribution in [0.3, 0.4) is 0 Å². The molecule has 0 aliphatic heterocycles. The highest BCUT2D eigenvalue weighted by Crippen LogP contribution is 2.25. The molecule has 2 aromatic rings. The minimum atomic E-state index is -0.841. The number of rotatable bonds is 7. The van der Waals surface area contributed by atoms with Crippen molar-refractivity contribution in [1.82, 2.24) is 20.4 Å². The first-order valence-electron chi connectivity index (χ1n) is 8.47. The third-order valence-corrected chi connectivity index (χ3v) is 4.39. The fourth-order valence-corrected chi connectivity index (χ4v) is 2.97. The Kier molecular flexibility index (Phi) is 5.47. The molecule has 9 heteroatoms. The number of urea groups is 1. The molecule has 1 aromatic heterocycles. The number of nitrogens with zero attached hydrogens (tertiary/aromatic N) is 3. The second-order valence-electron chi connectivity index (χ2n) is 6.17. The molecule has 138 valence electrons. The van der Waals surface area contributed by atoms with Crippen molar-refractivity contribution in [2.45, 2.75) is 31.8 Å². The normalized spacial score (nSPS) is 19.0. The largest absolute Gasteiger partial charge is 0.480 e. The molecule has 1 fully saturated rings. The molecule has 0 unspecified atom stereocenters. The molecule has 0 radical (unpaired) electrons. The van der Waals surface area contributed by atoms with E-state index >= 15 is 0 Å². The molecule has 0 atom stereocenters. The van der Waals surface area contributed by atoms with Gasteiger partial charge in [0.2, 0.25) is 5.82 Å². The van der Waals surface area contributed by atoms with Crippen molar-refractivity contribution in [3.8, 4) is 11.4 Å². The number of aromatic nitrogens is 2. The van der Waals surface area contributed by atoms with Crippen molar-refractivity contribution in [2.24, 2.45) is 0 Å². The third-order valence-electron chi connectivity index (χ3n) is 4.39. The van der Waals surface area contributed by atoms with Crippen LogP contribution >= 0.6 is 0 Å². The molecule has 1 aliphatic carbocycles. The Bertz CT molecular complexity index is 758. The zero-order chi connectivity index (χ0) is 18.5. The molecule has 0 spiro atoms. The minimum Gasteiger partial charge on any atom is -0.480 e. The van der Waals surface area contributed by atoms with Crippen LogP contribution in [0.15, 0.2) is 34.9 Å². The number of likely N-dealkylation sites (N-methyl/N-ethyl adjacent to an activating group) is 1. The Morgan fingerprint density at radius 1 is 1.31 bits per heavy atom. The topological polar surface area (TPSA) is 121 Å². The average Bonchev–Trinajstić information content (AvgIpc) is 3.05. The van der Waals surface area contributed by atoms with Crippen LogP contribution in [0.1, 0.15) is 19.8 Å². The summed E-state index contributed by atoms with van der Waals surface area (Å²) in [6.07, 6.45) is 1.43. The predicted molar refractivity (Wildman–Crippen MR) is 93.6 cm³/mol. The minimum absolute atomic E-state index is 0.000593. The summed E-state index contributed by atoms with van der Waals surface area (Å²) < 4.78 is 5.04. The van der Waals surface area contributed by atoms with Gasteiger partial charge in [-0.2, -0.15) is 4.98 Å². The molecule has 9 nitrogen and oxygen atoms in total. The van der Waals surface area contributed by atoms with Crippen LogP contribution in [-0.2, 0) is 4.79 Å². The van der Waals surface area contributed by atoms with Gasteiger partial charge in [0.25, 0.3) is 0 Å². The molecule has 1 aliphatic rings. The maximum absolute atomic E-state index is 12.0. The molecule has 0 saturated heterocycles. The van der Waals surface area contributed by atoms with Crippen molar-refractivity contribution in [2.75, 3.05) is 18.4 Å². The highest BCUT2D eigenvalue weighted by atomic mass is 16.5. The number of carbonyl (C=O) groups is 2. The van der Waals surface area contributed by atoms with Crippen LogP contribution in [-0.4, -0.2) is 57.3 Å². The van der Waals surface area contributed by atoms with Gasteiger partial charge in [-0.3, -0.25) is 15.0 Å².